The van der Waals surface area contributed by atoms with Gasteiger partial charge in [0.1, 0.15) is 0 Å². The highest BCUT2D eigenvalue weighted by Crippen LogP contribution is 2.29. The van der Waals surface area contributed by atoms with Crippen LogP contribution >= 0.6 is 0 Å². The summed E-state index contributed by atoms with van der Waals surface area (Å²) in [6, 6.07) is 0. The Morgan fingerprint density at radius 3 is 0.433 bits per heavy atom. The van der Waals surface area contributed by atoms with Gasteiger partial charge in [-0.2, -0.15) is 0 Å². The Kier molecular flexibility index (Phi) is 29.1. The molecule has 0 amide bonds. The van der Waals surface area contributed by atoms with Crippen molar-refractivity contribution >= 4 is 0 Å². The van der Waals surface area contributed by atoms with Gasteiger partial charge in [0.25, 0.3) is 0 Å². The smallest absolute Gasteiger partial charge is 0.0417 e. The molecule has 0 heteroatoms. The van der Waals surface area contributed by atoms with E-state index in [9.17, 15) is 0 Å². The Labute approximate surface area is 195 Å². The third-order valence-corrected chi connectivity index (χ3v) is 7.62. The van der Waals surface area contributed by atoms with Gasteiger partial charge in [-0.15, -0.1) is 0 Å². The first-order valence-corrected chi connectivity index (χ1v) is 14.4. The fourth-order valence-electron chi connectivity index (χ4n) is 4.50. The van der Waals surface area contributed by atoms with Crippen molar-refractivity contribution in [1.29, 1.82) is 0 Å². The minimum atomic E-state index is 1.00. The van der Waals surface area contributed by atoms with Gasteiger partial charge in [-0.05, 0) is 35.5 Å². The molecule has 0 N–H and O–H groups in total. The fraction of sp³-hybridized carbons (Fsp3) is 1.00. The van der Waals surface area contributed by atoms with E-state index in [4.69, 9.17) is 0 Å². The van der Waals surface area contributed by atoms with Gasteiger partial charge in [-0.1, -0.05) is 160 Å². The lowest BCUT2D eigenvalue weighted by Crippen LogP contribution is -2.12. The van der Waals surface area contributed by atoms with Crippen LogP contribution in [0.1, 0.15) is 160 Å². The zero-order chi connectivity index (χ0) is 23.9. The summed E-state index contributed by atoms with van der Waals surface area (Å²) in [6.45, 7) is 26.3. The van der Waals surface area contributed by atoms with E-state index in [1.807, 2.05) is 41.5 Å². The fourth-order valence-corrected chi connectivity index (χ4v) is 4.50. The molecular weight excluding hydrogens is 360 g/mol. The van der Waals surface area contributed by atoms with E-state index in [1.54, 1.807) is 0 Å². The van der Waals surface area contributed by atoms with E-state index in [0.29, 0.717) is 0 Å². The van der Waals surface area contributed by atoms with E-state index in [0.717, 1.165) is 35.5 Å². The first-order chi connectivity index (χ1) is 14.4. The molecule has 2 unspecified atom stereocenters. The van der Waals surface area contributed by atoms with Gasteiger partial charge in [0, 0.05) is 0 Å². The second kappa shape index (κ2) is 25.3. The normalized spacial score (nSPS) is 32.4. The summed E-state index contributed by atoms with van der Waals surface area (Å²) in [5.74, 6) is 6.02. The standard InChI is InChI=1S/3C8H16.3C2H6/c3*1-7-5-3-4-6-8(7)2;3*1-2/h3*7-8H,3-6H2,1-2H3;3*1-2H3/t2*7-,8?;7-,8-;;;/m000.../s1. The van der Waals surface area contributed by atoms with Crippen LogP contribution < -0.4 is 0 Å². The molecular formula is C30H66. The van der Waals surface area contributed by atoms with Crippen molar-refractivity contribution in [2.45, 2.75) is 160 Å². The van der Waals surface area contributed by atoms with Gasteiger partial charge in [0.15, 0.2) is 0 Å². The Morgan fingerprint density at radius 2 is 0.367 bits per heavy atom. The van der Waals surface area contributed by atoms with Gasteiger partial charge >= 0.3 is 0 Å². The average Bonchev–Trinajstić information content (AvgIpc) is 2.80. The third-order valence-electron chi connectivity index (χ3n) is 7.62. The molecule has 0 aliphatic heterocycles. The summed E-state index contributed by atoms with van der Waals surface area (Å²) in [7, 11) is 0. The molecule has 0 nitrogen and oxygen atoms in total. The van der Waals surface area contributed by atoms with Crippen LogP contribution in [0.25, 0.3) is 0 Å². The minimum absolute atomic E-state index is 1.00. The molecule has 0 bridgehead atoms. The zero-order valence-electron chi connectivity index (χ0n) is 23.9. The van der Waals surface area contributed by atoms with Crippen LogP contribution in [0.3, 0.4) is 0 Å². The van der Waals surface area contributed by atoms with E-state index in [-0.39, 0.29) is 0 Å². The first-order valence-electron chi connectivity index (χ1n) is 14.4. The Bertz CT molecular complexity index is 217. The molecule has 0 aromatic carbocycles. The summed E-state index contributed by atoms with van der Waals surface area (Å²) in [4.78, 5) is 0. The Hall–Kier alpha value is 0. The van der Waals surface area contributed by atoms with Crippen molar-refractivity contribution in [3.8, 4) is 0 Å². The average molecular weight is 427 g/mol. The lowest BCUT2D eigenvalue weighted by atomic mass is 9.82. The number of rotatable bonds is 0. The van der Waals surface area contributed by atoms with Crippen molar-refractivity contribution in [2.75, 3.05) is 0 Å². The van der Waals surface area contributed by atoms with Crippen LogP contribution in [0.2, 0.25) is 0 Å². The van der Waals surface area contributed by atoms with Crippen molar-refractivity contribution in [3.63, 3.8) is 0 Å². The second-order valence-electron chi connectivity index (χ2n) is 9.72. The SMILES string of the molecule is CC.CC.CC.CC1CCCC[C@@H]1C.CC1CCCC[C@@H]1C.C[C@H]1CCCC[C@@H]1C. The van der Waals surface area contributed by atoms with E-state index >= 15 is 0 Å². The van der Waals surface area contributed by atoms with Crippen LogP contribution in [0.15, 0.2) is 0 Å². The van der Waals surface area contributed by atoms with Crippen LogP contribution in [0.4, 0.5) is 0 Å². The monoisotopic (exact) mass is 427 g/mol. The quantitative estimate of drug-likeness (QED) is 0.361. The molecule has 186 valence electrons. The van der Waals surface area contributed by atoms with Crippen molar-refractivity contribution in [2.24, 2.45) is 35.5 Å². The summed E-state index contributed by atoms with van der Waals surface area (Å²) in [5, 5.41) is 0. The van der Waals surface area contributed by atoms with Gasteiger partial charge in [-0.25, -0.2) is 0 Å². The Balaban J connectivity index is -0.000000323. The van der Waals surface area contributed by atoms with Crippen molar-refractivity contribution in [1.82, 2.24) is 0 Å². The summed E-state index contributed by atoms with van der Waals surface area (Å²) in [5.41, 5.74) is 0. The molecule has 3 aliphatic rings. The zero-order valence-corrected chi connectivity index (χ0v) is 23.9. The second-order valence-corrected chi connectivity index (χ2v) is 9.72. The van der Waals surface area contributed by atoms with Gasteiger partial charge in [0.2, 0.25) is 0 Å². The molecule has 3 fully saturated rings. The third kappa shape index (κ3) is 18.7. The van der Waals surface area contributed by atoms with Crippen molar-refractivity contribution in [3.05, 3.63) is 0 Å². The highest BCUT2D eigenvalue weighted by Gasteiger charge is 2.16. The van der Waals surface area contributed by atoms with Crippen LogP contribution in [0, 0.1) is 35.5 Å². The minimum Gasteiger partial charge on any atom is -0.0683 e. The van der Waals surface area contributed by atoms with Gasteiger partial charge < -0.3 is 0 Å². The van der Waals surface area contributed by atoms with E-state index in [2.05, 4.69) is 41.5 Å². The highest BCUT2D eigenvalue weighted by molar-refractivity contribution is 4.68. The molecule has 30 heavy (non-hydrogen) atoms. The van der Waals surface area contributed by atoms with E-state index < -0.39 is 0 Å². The molecule has 3 aliphatic carbocycles. The first kappa shape index (κ1) is 34.6. The number of hydrogen-bond donors (Lipinski definition) is 0. The van der Waals surface area contributed by atoms with Crippen LogP contribution in [0.5, 0.6) is 0 Å². The molecule has 3 saturated carbocycles. The van der Waals surface area contributed by atoms with Crippen molar-refractivity contribution < 1.29 is 0 Å². The summed E-state index contributed by atoms with van der Waals surface area (Å²) in [6.07, 6.45) is 17.7. The molecule has 0 heterocycles. The highest BCUT2D eigenvalue weighted by atomic mass is 14.2. The summed E-state index contributed by atoms with van der Waals surface area (Å²) >= 11 is 0. The van der Waals surface area contributed by atoms with Gasteiger partial charge in [0.05, 0.1) is 0 Å². The van der Waals surface area contributed by atoms with E-state index in [1.165, 1.54) is 77.0 Å². The lowest BCUT2D eigenvalue weighted by molar-refractivity contribution is 0.277. The van der Waals surface area contributed by atoms with Crippen LogP contribution in [-0.4, -0.2) is 0 Å². The molecule has 0 spiro atoms. The topological polar surface area (TPSA) is 0 Å². The maximum absolute atomic E-state index is 2.38. The molecule has 0 saturated heterocycles. The predicted octanol–water partition coefficient (Wildman–Crippen LogP) is 11.6. The maximum atomic E-state index is 2.38. The predicted molar refractivity (Wildman–Crippen MR) is 144 cm³/mol. The molecule has 0 aromatic heterocycles. The molecule has 0 aromatic rings. The van der Waals surface area contributed by atoms with Gasteiger partial charge in [-0.3, -0.25) is 0 Å². The van der Waals surface area contributed by atoms with Crippen LogP contribution in [-0.2, 0) is 0 Å². The maximum Gasteiger partial charge on any atom is -0.0417 e. The lowest BCUT2D eigenvalue weighted by Gasteiger charge is -2.24. The Morgan fingerprint density at radius 1 is 0.267 bits per heavy atom. The largest absolute Gasteiger partial charge is 0.0683 e. The molecule has 6 atom stereocenters. The molecule has 3 rings (SSSR count). The summed E-state index contributed by atoms with van der Waals surface area (Å²) < 4.78 is 0. The molecule has 0 radical (unpaired) electrons. The number of hydrogen-bond acceptors (Lipinski definition) is 0.